The van der Waals surface area contributed by atoms with Crippen LogP contribution in [0.15, 0.2) is 22.7 Å². The molecule has 0 unspecified atom stereocenters. The fourth-order valence-electron chi connectivity index (χ4n) is 3.23. The summed E-state index contributed by atoms with van der Waals surface area (Å²) in [6.07, 6.45) is 4.12. The second-order valence-corrected chi connectivity index (χ2v) is 5.86. The summed E-state index contributed by atoms with van der Waals surface area (Å²) in [5.41, 5.74) is 5.01. The molecule has 3 nitrogen and oxygen atoms in total. The predicted molar refractivity (Wildman–Crippen MR) is 81.0 cm³/mol. The summed E-state index contributed by atoms with van der Waals surface area (Å²) in [5.74, 6) is 2.28. The van der Waals surface area contributed by atoms with Crippen LogP contribution in [0.2, 0.25) is 0 Å². The Labute approximate surface area is 120 Å². The molecule has 0 atom stereocenters. The molecule has 20 heavy (non-hydrogen) atoms. The molecule has 0 radical (unpaired) electrons. The van der Waals surface area contributed by atoms with Gasteiger partial charge in [0.05, 0.1) is 6.20 Å². The van der Waals surface area contributed by atoms with Crippen molar-refractivity contribution in [3.63, 3.8) is 0 Å². The van der Waals surface area contributed by atoms with E-state index in [-0.39, 0.29) is 0 Å². The van der Waals surface area contributed by atoms with Crippen LogP contribution in [0.1, 0.15) is 41.3 Å². The summed E-state index contributed by atoms with van der Waals surface area (Å²) in [5, 5.41) is 3.38. The Morgan fingerprint density at radius 2 is 1.75 bits per heavy atom. The quantitative estimate of drug-likeness (QED) is 0.903. The number of aromatic nitrogens is 1. The van der Waals surface area contributed by atoms with Crippen molar-refractivity contribution in [1.29, 1.82) is 0 Å². The average molecular weight is 270 g/mol. The molecule has 1 aliphatic rings. The first-order valence-electron chi connectivity index (χ1n) is 7.40. The van der Waals surface area contributed by atoms with Crippen molar-refractivity contribution in [1.82, 2.24) is 10.3 Å². The molecular formula is C17H22N2O. The van der Waals surface area contributed by atoms with Crippen molar-refractivity contribution in [2.45, 2.75) is 39.5 Å². The van der Waals surface area contributed by atoms with E-state index >= 15 is 0 Å². The minimum atomic E-state index is 0.469. The van der Waals surface area contributed by atoms with Crippen LogP contribution in [0.3, 0.4) is 0 Å². The standard InChI is InChI=1S/C17H22N2O/c1-11-8-12(2)16(13(3)9-11)15-10-19-17(20-15)14-4-6-18-7-5-14/h8-10,14,18H,4-7H2,1-3H3. The van der Waals surface area contributed by atoms with Crippen LogP contribution in [0.4, 0.5) is 0 Å². The minimum Gasteiger partial charge on any atom is -0.440 e. The maximum Gasteiger partial charge on any atom is 0.198 e. The SMILES string of the molecule is Cc1cc(C)c(-c2cnc(C3CCNCC3)o2)c(C)c1. The highest BCUT2D eigenvalue weighted by atomic mass is 16.4. The van der Waals surface area contributed by atoms with Gasteiger partial charge >= 0.3 is 0 Å². The summed E-state index contributed by atoms with van der Waals surface area (Å²) in [6.45, 7) is 8.53. The van der Waals surface area contributed by atoms with Crippen molar-refractivity contribution in [3.8, 4) is 11.3 Å². The van der Waals surface area contributed by atoms with Crippen LogP contribution in [-0.2, 0) is 0 Å². The lowest BCUT2D eigenvalue weighted by molar-refractivity contribution is 0.378. The van der Waals surface area contributed by atoms with Crippen molar-refractivity contribution in [2.75, 3.05) is 13.1 Å². The lowest BCUT2D eigenvalue weighted by atomic mass is 9.98. The third-order valence-corrected chi connectivity index (χ3v) is 4.14. The number of rotatable bonds is 2. The van der Waals surface area contributed by atoms with Crippen LogP contribution in [0, 0.1) is 20.8 Å². The molecular weight excluding hydrogens is 248 g/mol. The van der Waals surface area contributed by atoms with Gasteiger partial charge in [0.2, 0.25) is 0 Å². The lowest BCUT2D eigenvalue weighted by Crippen LogP contribution is -2.26. The molecule has 0 spiro atoms. The van der Waals surface area contributed by atoms with E-state index in [1.165, 1.54) is 22.3 Å². The van der Waals surface area contributed by atoms with Gasteiger partial charge in [-0.25, -0.2) is 4.98 Å². The van der Waals surface area contributed by atoms with Crippen molar-refractivity contribution in [2.24, 2.45) is 0 Å². The van der Waals surface area contributed by atoms with Gasteiger partial charge in [-0.05, 0) is 57.8 Å². The maximum absolute atomic E-state index is 6.07. The first kappa shape index (κ1) is 13.4. The molecule has 1 aromatic carbocycles. The number of hydrogen-bond donors (Lipinski definition) is 1. The molecule has 2 heterocycles. The highest BCUT2D eigenvalue weighted by Gasteiger charge is 2.21. The molecule has 1 saturated heterocycles. The van der Waals surface area contributed by atoms with Gasteiger partial charge in [0, 0.05) is 11.5 Å². The second-order valence-electron chi connectivity index (χ2n) is 5.86. The molecule has 0 amide bonds. The maximum atomic E-state index is 6.07. The summed E-state index contributed by atoms with van der Waals surface area (Å²) in [7, 11) is 0. The highest BCUT2D eigenvalue weighted by molar-refractivity contribution is 5.66. The van der Waals surface area contributed by atoms with E-state index in [4.69, 9.17) is 4.42 Å². The summed E-state index contributed by atoms with van der Waals surface area (Å²) >= 11 is 0. The Bertz CT molecular complexity index is 586. The number of nitrogens with one attached hydrogen (secondary N) is 1. The molecule has 1 aromatic heterocycles. The van der Waals surface area contributed by atoms with Crippen LogP contribution >= 0.6 is 0 Å². The topological polar surface area (TPSA) is 38.1 Å². The molecule has 3 rings (SSSR count). The largest absolute Gasteiger partial charge is 0.440 e. The van der Waals surface area contributed by atoms with Crippen molar-refractivity contribution >= 4 is 0 Å². The molecule has 1 aliphatic heterocycles. The third kappa shape index (κ3) is 2.50. The zero-order valence-corrected chi connectivity index (χ0v) is 12.5. The molecule has 2 aromatic rings. The fraction of sp³-hybridized carbons (Fsp3) is 0.471. The van der Waals surface area contributed by atoms with E-state index in [9.17, 15) is 0 Å². The zero-order chi connectivity index (χ0) is 14.1. The van der Waals surface area contributed by atoms with Gasteiger partial charge in [-0.1, -0.05) is 17.7 Å². The number of aryl methyl sites for hydroxylation is 3. The predicted octanol–water partition coefficient (Wildman–Crippen LogP) is 3.73. The average Bonchev–Trinajstić information content (AvgIpc) is 2.88. The van der Waals surface area contributed by atoms with Gasteiger partial charge in [-0.2, -0.15) is 0 Å². The summed E-state index contributed by atoms with van der Waals surface area (Å²) in [4.78, 5) is 4.53. The van der Waals surface area contributed by atoms with Gasteiger partial charge in [-0.15, -0.1) is 0 Å². The highest BCUT2D eigenvalue weighted by Crippen LogP contribution is 2.32. The molecule has 1 fully saturated rings. The van der Waals surface area contributed by atoms with Gasteiger partial charge in [0.25, 0.3) is 0 Å². The lowest BCUT2D eigenvalue weighted by Gasteiger charge is -2.19. The smallest absolute Gasteiger partial charge is 0.198 e. The molecule has 3 heteroatoms. The first-order chi connectivity index (χ1) is 9.65. The monoisotopic (exact) mass is 270 g/mol. The molecule has 106 valence electrons. The summed E-state index contributed by atoms with van der Waals surface area (Å²) < 4.78 is 6.07. The zero-order valence-electron chi connectivity index (χ0n) is 12.5. The summed E-state index contributed by atoms with van der Waals surface area (Å²) in [6, 6.07) is 4.41. The third-order valence-electron chi connectivity index (χ3n) is 4.14. The number of piperidine rings is 1. The Kier molecular flexibility index (Phi) is 3.62. The van der Waals surface area contributed by atoms with Crippen LogP contribution in [-0.4, -0.2) is 18.1 Å². The molecule has 0 bridgehead atoms. The number of nitrogens with zero attached hydrogens (tertiary/aromatic N) is 1. The number of benzene rings is 1. The van der Waals surface area contributed by atoms with E-state index in [1.54, 1.807) is 0 Å². The van der Waals surface area contributed by atoms with Crippen LogP contribution < -0.4 is 5.32 Å². The fourth-order valence-corrected chi connectivity index (χ4v) is 3.23. The molecule has 0 saturated carbocycles. The first-order valence-corrected chi connectivity index (χ1v) is 7.40. The van der Waals surface area contributed by atoms with E-state index < -0.39 is 0 Å². The minimum absolute atomic E-state index is 0.469. The Morgan fingerprint density at radius 1 is 1.10 bits per heavy atom. The molecule has 0 aliphatic carbocycles. The normalized spacial score (nSPS) is 16.6. The van der Waals surface area contributed by atoms with Crippen molar-refractivity contribution in [3.05, 3.63) is 40.9 Å². The van der Waals surface area contributed by atoms with E-state index in [0.717, 1.165) is 37.6 Å². The molecule has 1 N–H and O–H groups in total. The Morgan fingerprint density at radius 3 is 2.40 bits per heavy atom. The Balaban J connectivity index is 1.94. The number of oxazole rings is 1. The van der Waals surface area contributed by atoms with E-state index in [0.29, 0.717) is 5.92 Å². The van der Waals surface area contributed by atoms with Gasteiger partial charge < -0.3 is 9.73 Å². The number of hydrogen-bond acceptors (Lipinski definition) is 3. The van der Waals surface area contributed by atoms with E-state index in [1.807, 2.05) is 6.20 Å². The van der Waals surface area contributed by atoms with Gasteiger partial charge in [0.1, 0.15) is 0 Å². The second kappa shape index (κ2) is 5.41. The van der Waals surface area contributed by atoms with Crippen LogP contribution in [0.25, 0.3) is 11.3 Å². The van der Waals surface area contributed by atoms with Crippen molar-refractivity contribution < 1.29 is 4.42 Å². The Hall–Kier alpha value is -1.61. The van der Waals surface area contributed by atoms with Gasteiger partial charge in [-0.3, -0.25) is 0 Å². The van der Waals surface area contributed by atoms with Crippen LogP contribution in [0.5, 0.6) is 0 Å². The van der Waals surface area contributed by atoms with Gasteiger partial charge in [0.15, 0.2) is 11.7 Å². The van der Waals surface area contributed by atoms with E-state index in [2.05, 4.69) is 43.2 Å².